The SMILES string of the molecule is CN1CCC(N2CCN(C(=O)c3ccc4c(c3)CCCO4)CC2)CC1. The molecule has 1 aromatic carbocycles. The van der Waals surface area contributed by atoms with Crippen molar-refractivity contribution < 1.29 is 9.53 Å². The Morgan fingerprint density at radius 1 is 1.08 bits per heavy atom. The molecular weight excluding hydrogens is 314 g/mol. The molecule has 0 radical (unpaired) electrons. The van der Waals surface area contributed by atoms with Gasteiger partial charge in [0.05, 0.1) is 6.61 Å². The molecule has 0 N–H and O–H groups in total. The van der Waals surface area contributed by atoms with E-state index >= 15 is 0 Å². The van der Waals surface area contributed by atoms with Crippen molar-refractivity contribution in [1.82, 2.24) is 14.7 Å². The highest BCUT2D eigenvalue weighted by atomic mass is 16.5. The summed E-state index contributed by atoms with van der Waals surface area (Å²) in [6, 6.07) is 6.64. The minimum absolute atomic E-state index is 0.177. The van der Waals surface area contributed by atoms with E-state index in [1.54, 1.807) is 0 Å². The third-order valence-electron chi connectivity index (χ3n) is 5.96. The van der Waals surface area contributed by atoms with E-state index < -0.39 is 0 Å². The molecule has 136 valence electrons. The van der Waals surface area contributed by atoms with Crippen LogP contribution in [0, 0.1) is 0 Å². The van der Waals surface area contributed by atoms with Gasteiger partial charge in [0.1, 0.15) is 5.75 Å². The van der Waals surface area contributed by atoms with Gasteiger partial charge in [0, 0.05) is 37.8 Å². The standard InChI is InChI=1S/C20H29N3O2/c1-21-8-6-18(7-9-21)22-10-12-23(13-11-22)20(24)17-4-5-19-16(15-17)3-2-14-25-19/h4-5,15,18H,2-3,6-14H2,1H3. The molecule has 5 nitrogen and oxygen atoms in total. The number of rotatable bonds is 2. The number of benzene rings is 1. The maximum atomic E-state index is 12.9. The van der Waals surface area contributed by atoms with E-state index in [2.05, 4.69) is 16.8 Å². The average molecular weight is 343 g/mol. The number of carbonyl (C=O) groups is 1. The van der Waals surface area contributed by atoms with Crippen LogP contribution in [0.5, 0.6) is 5.75 Å². The van der Waals surface area contributed by atoms with Gasteiger partial charge in [-0.25, -0.2) is 0 Å². The van der Waals surface area contributed by atoms with Gasteiger partial charge >= 0.3 is 0 Å². The normalized spacial score (nSPS) is 23.2. The van der Waals surface area contributed by atoms with Gasteiger partial charge in [-0.15, -0.1) is 0 Å². The van der Waals surface area contributed by atoms with E-state index in [0.717, 1.165) is 56.9 Å². The van der Waals surface area contributed by atoms with Crippen LogP contribution >= 0.6 is 0 Å². The summed E-state index contributed by atoms with van der Waals surface area (Å²) in [7, 11) is 2.20. The lowest BCUT2D eigenvalue weighted by Crippen LogP contribution is -2.54. The number of aryl methyl sites for hydroxylation is 1. The number of hydrogen-bond donors (Lipinski definition) is 0. The summed E-state index contributed by atoms with van der Waals surface area (Å²) in [5.41, 5.74) is 2.00. The number of amides is 1. The van der Waals surface area contributed by atoms with Crippen LogP contribution in [0.4, 0.5) is 0 Å². The summed E-state index contributed by atoms with van der Waals surface area (Å²) in [6.45, 7) is 6.89. The zero-order valence-corrected chi connectivity index (χ0v) is 15.2. The van der Waals surface area contributed by atoms with Crippen LogP contribution in [-0.2, 0) is 6.42 Å². The van der Waals surface area contributed by atoms with Crippen molar-refractivity contribution in [2.24, 2.45) is 0 Å². The van der Waals surface area contributed by atoms with Crippen molar-refractivity contribution in [2.75, 3.05) is 52.9 Å². The van der Waals surface area contributed by atoms with E-state index in [1.165, 1.54) is 31.5 Å². The first-order valence-electron chi connectivity index (χ1n) is 9.68. The zero-order chi connectivity index (χ0) is 17.2. The van der Waals surface area contributed by atoms with Crippen molar-refractivity contribution in [2.45, 2.75) is 31.7 Å². The van der Waals surface area contributed by atoms with Crippen molar-refractivity contribution in [1.29, 1.82) is 0 Å². The molecular formula is C20H29N3O2. The van der Waals surface area contributed by atoms with E-state index in [9.17, 15) is 4.79 Å². The molecule has 3 aliphatic rings. The molecule has 0 aromatic heterocycles. The van der Waals surface area contributed by atoms with Crippen LogP contribution in [0.3, 0.4) is 0 Å². The molecule has 0 atom stereocenters. The number of likely N-dealkylation sites (tertiary alicyclic amines) is 1. The molecule has 0 bridgehead atoms. The second-order valence-corrected chi connectivity index (χ2v) is 7.64. The van der Waals surface area contributed by atoms with E-state index in [4.69, 9.17) is 4.74 Å². The molecule has 0 spiro atoms. The van der Waals surface area contributed by atoms with Crippen molar-refractivity contribution in [3.63, 3.8) is 0 Å². The maximum absolute atomic E-state index is 12.9. The number of ether oxygens (including phenoxy) is 1. The zero-order valence-electron chi connectivity index (χ0n) is 15.2. The van der Waals surface area contributed by atoms with Gasteiger partial charge in [-0.1, -0.05) is 0 Å². The maximum Gasteiger partial charge on any atom is 0.253 e. The molecule has 3 aliphatic heterocycles. The Labute approximate surface area is 150 Å². The predicted octanol–water partition coefficient (Wildman–Crippen LogP) is 1.86. The van der Waals surface area contributed by atoms with Crippen LogP contribution < -0.4 is 4.74 Å². The van der Waals surface area contributed by atoms with Gasteiger partial charge in [0.2, 0.25) is 0 Å². The predicted molar refractivity (Wildman–Crippen MR) is 98.3 cm³/mol. The fourth-order valence-corrected chi connectivity index (χ4v) is 4.33. The topological polar surface area (TPSA) is 36.0 Å². The Hall–Kier alpha value is -1.59. The summed E-state index contributed by atoms with van der Waals surface area (Å²) in [4.78, 5) is 19.9. The van der Waals surface area contributed by atoms with Gasteiger partial charge in [-0.05, 0) is 69.6 Å². The molecule has 2 saturated heterocycles. The molecule has 5 heteroatoms. The van der Waals surface area contributed by atoms with Crippen LogP contribution in [0.1, 0.15) is 35.2 Å². The highest BCUT2D eigenvalue weighted by Gasteiger charge is 2.28. The quantitative estimate of drug-likeness (QED) is 0.821. The van der Waals surface area contributed by atoms with Gasteiger partial charge in [0.25, 0.3) is 5.91 Å². The third-order valence-corrected chi connectivity index (χ3v) is 5.96. The molecule has 0 saturated carbocycles. The lowest BCUT2D eigenvalue weighted by molar-refractivity contribution is 0.0475. The van der Waals surface area contributed by atoms with Crippen molar-refractivity contribution in [3.8, 4) is 5.75 Å². The van der Waals surface area contributed by atoms with Gasteiger partial charge in [-0.2, -0.15) is 0 Å². The molecule has 1 aromatic rings. The van der Waals surface area contributed by atoms with E-state index in [0.29, 0.717) is 6.04 Å². The summed E-state index contributed by atoms with van der Waals surface area (Å²) >= 11 is 0. The fraction of sp³-hybridized carbons (Fsp3) is 0.650. The smallest absolute Gasteiger partial charge is 0.253 e. The number of piperidine rings is 1. The van der Waals surface area contributed by atoms with Gasteiger partial charge < -0.3 is 14.5 Å². The van der Waals surface area contributed by atoms with Gasteiger partial charge in [0.15, 0.2) is 0 Å². The Morgan fingerprint density at radius 2 is 1.84 bits per heavy atom. The molecule has 2 fully saturated rings. The number of hydrogen-bond acceptors (Lipinski definition) is 4. The molecule has 3 heterocycles. The fourth-order valence-electron chi connectivity index (χ4n) is 4.33. The largest absolute Gasteiger partial charge is 0.493 e. The van der Waals surface area contributed by atoms with Gasteiger partial charge in [-0.3, -0.25) is 9.69 Å². The molecule has 25 heavy (non-hydrogen) atoms. The minimum Gasteiger partial charge on any atom is -0.493 e. The summed E-state index contributed by atoms with van der Waals surface area (Å²) in [5, 5.41) is 0. The summed E-state index contributed by atoms with van der Waals surface area (Å²) in [5.74, 6) is 1.13. The van der Waals surface area contributed by atoms with E-state index in [1.807, 2.05) is 23.1 Å². The summed E-state index contributed by atoms with van der Waals surface area (Å²) in [6.07, 6.45) is 4.57. The highest BCUT2D eigenvalue weighted by Crippen LogP contribution is 2.26. The van der Waals surface area contributed by atoms with Crippen LogP contribution in [0.25, 0.3) is 0 Å². The Kier molecular flexibility index (Phi) is 4.95. The monoisotopic (exact) mass is 343 g/mol. The highest BCUT2D eigenvalue weighted by molar-refractivity contribution is 5.94. The first-order valence-corrected chi connectivity index (χ1v) is 9.68. The van der Waals surface area contributed by atoms with Crippen LogP contribution in [-0.4, -0.2) is 79.6 Å². The molecule has 1 amide bonds. The Morgan fingerprint density at radius 3 is 2.60 bits per heavy atom. The lowest BCUT2D eigenvalue weighted by atomic mass is 10.0. The Balaban J connectivity index is 1.35. The van der Waals surface area contributed by atoms with E-state index in [-0.39, 0.29) is 5.91 Å². The molecule has 0 aliphatic carbocycles. The average Bonchev–Trinajstić information content (AvgIpc) is 2.68. The molecule has 4 rings (SSSR count). The summed E-state index contributed by atoms with van der Waals surface area (Å²) < 4.78 is 5.66. The molecule has 0 unspecified atom stereocenters. The number of piperazine rings is 1. The second-order valence-electron chi connectivity index (χ2n) is 7.64. The first kappa shape index (κ1) is 16.9. The number of carbonyl (C=O) groups excluding carboxylic acids is 1. The van der Waals surface area contributed by atoms with Crippen molar-refractivity contribution >= 4 is 5.91 Å². The first-order chi connectivity index (χ1) is 12.2. The lowest BCUT2D eigenvalue weighted by Gasteiger charge is -2.42. The number of fused-ring (bicyclic) bond motifs is 1. The van der Waals surface area contributed by atoms with Crippen LogP contribution in [0.2, 0.25) is 0 Å². The van der Waals surface area contributed by atoms with Crippen LogP contribution in [0.15, 0.2) is 18.2 Å². The third kappa shape index (κ3) is 3.67. The Bertz CT molecular complexity index is 617. The second kappa shape index (κ2) is 7.34. The number of nitrogens with zero attached hydrogens (tertiary/aromatic N) is 3. The minimum atomic E-state index is 0.177. The van der Waals surface area contributed by atoms with Crippen molar-refractivity contribution in [3.05, 3.63) is 29.3 Å².